The van der Waals surface area contributed by atoms with Crippen molar-refractivity contribution in [2.75, 3.05) is 6.61 Å². The average Bonchev–Trinajstić information content (AvgIpc) is 2.29. The van der Waals surface area contributed by atoms with Gasteiger partial charge in [0.25, 0.3) is 0 Å². The molecule has 0 amide bonds. The third-order valence-electron chi connectivity index (χ3n) is 3.02. The van der Waals surface area contributed by atoms with Gasteiger partial charge in [0.05, 0.1) is 6.61 Å². The molecule has 1 rings (SSSR count). The van der Waals surface area contributed by atoms with Crippen LogP contribution in [0.15, 0.2) is 24.3 Å². The first-order valence-electron chi connectivity index (χ1n) is 5.88. The van der Waals surface area contributed by atoms with E-state index >= 15 is 0 Å². The maximum Gasteiger partial charge on any atom is 0.316 e. The van der Waals surface area contributed by atoms with Gasteiger partial charge in [0.15, 0.2) is 0 Å². The van der Waals surface area contributed by atoms with Gasteiger partial charge in [-0.15, -0.1) is 0 Å². The second-order valence-corrected chi connectivity index (χ2v) is 4.56. The molecule has 4 heteroatoms. The summed E-state index contributed by atoms with van der Waals surface area (Å²) in [6.07, 6.45) is 0.126. The quantitative estimate of drug-likeness (QED) is 0.754. The number of ketones is 1. The monoisotopic (exact) mass is 250 g/mol. The van der Waals surface area contributed by atoms with Crippen molar-refractivity contribution in [3.8, 4) is 0 Å². The number of rotatable bonds is 6. The molecule has 0 bridgehead atoms. The standard InChI is InChI=1S/C14H18O4/c1-9-3-5-11(6-4-9)10(2)7-13(16)12(8-15)14(17)18/h3-6,10,12,15H,7-8H2,1-2H3,(H,17,18). The van der Waals surface area contributed by atoms with Crippen molar-refractivity contribution >= 4 is 11.8 Å². The van der Waals surface area contributed by atoms with Gasteiger partial charge in [-0.3, -0.25) is 9.59 Å². The molecule has 2 unspecified atom stereocenters. The van der Waals surface area contributed by atoms with Crippen LogP contribution in [0.4, 0.5) is 0 Å². The largest absolute Gasteiger partial charge is 0.481 e. The Bertz CT molecular complexity index is 422. The second-order valence-electron chi connectivity index (χ2n) is 4.56. The molecule has 0 aromatic heterocycles. The van der Waals surface area contributed by atoms with Gasteiger partial charge in [0, 0.05) is 6.42 Å². The van der Waals surface area contributed by atoms with Crippen LogP contribution < -0.4 is 0 Å². The zero-order chi connectivity index (χ0) is 13.7. The van der Waals surface area contributed by atoms with Crippen LogP contribution in [-0.4, -0.2) is 28.6 Å². The lowest BCUT2D eigenvalue weighted by molar-refractivity contribution is -0.147. The van der Waals surface area contributed by atoms with Crippen LogP contribution in [0, 0.1) is 12.8 Å². The van der Waals surface area contributed by atoms with Crippen LogP contribution in [-0.2, 0) is 9.59 Å². The van der Waals surface area contributed by atoms with E-state index in [0.29, 0.717) is 0 Å². The molecule has 0 heterocycles. The third-order valence-corrected chi connectivity index (χ3v) is 3.02. The van der Waals surface area contributed by atoms with Crippen molar-refractivity contribution in [1.82, 2.24) is 0 Å². The fraction of sp³-hybridized carbons (Fsp3) is 0.429. The Labute approximate surface area is 106 Å². The number of Topliss-reactive ketones (excluding diaryl/α,β-unsaturated/α-hetero) is 1. The van der Waals surface area contributed by atoms with Crippen molar-refractivity contribution < 1.29 is 19.8 Å². The number of benzene rings is 1. The molecule has 0 aliphatic carbocycles. The lowest BCUT2D eigenvalue weighted by Gasteiger charge is -2.14. The Balaban J connectivity index is 2.69. The first kappa shape index (κ1) is 14.4. The molecule has 1 aromatic rings. The number of aliphatic hydroxyl groups excluding tert-OH is 1. The molecular weight excluding hydrogens is 232 g/mol. The summed E-state index contributed by atoms with van der Waals surface area (Å²) in [4.78, 5) is 22.5. The molecule has 0 radical (unpaired) electrons. The molecular formula is C14H18O4. The maximum absolute atomic E-state index is 11.7. The van der Waals surface area contributed by atoms with Crippen LogP contribution in [0.1, 0.15) is 30.4 Å². The highest BCUT2D eigenvalue weighted by Gasteiger charge is 2.26. The predicted octanol–water partition coefficient (Wildman–Crippen LogP) is 1.75. The highest BCUT2D eigenvalue weighted by molar-refractivity contribution is 5.98. The van der Waals surface area contributed by atoms with E-state index in [2.05, 4.69) is 0 Å². The number of aryl methyl sites for hydroxylation is 1. The van der Waals surface area contributed by atoms with E-state index in [0.717, 1.165) is 11.1 Å². The summed E-state index contributed by atoms with van der Waals surface area (Å²) in [6, 6.07) is 7.78. The maximum atomic E-state index is 11.7. The van der Waals surface area contributed by atoms with E-state index < -0.39 is 24.3 Å². The third kappa shape index (κ3) is 3.67. The summed E-state index contributed by atoms with van der Waals surface area (Å²) in [5.74, 6) is -3.05. The van der Waals surface area contributed by atoms with Gasteiger partial charge in [-0.2, -0.15) is 0 Å². The molecule has 0 saturated carbocycles. The van der Waals surface area contributed by atoms with Crippen LogP contribution in [0.2, 0.25) is 0 Å². The summed E-state index contributed by atoms with van der Waals surface area (Å²) in [5, 5.41) is 17.7. The van der Waals surface area contributed by atoms with Crippen LogP contribution >= 0.6 is 0 Å². The molecule has 2 N–H and O–H groups in total. The van der Waals surface area contributed by atoms with E-state index in [-0.39, 0.29) is 12.3 Å². The molecule has 0 fully saturated rings. The zero-order valence-electron chi connectivity index (χ0n) is 10.6. The molecule has 98 valence electrons. The predicted molar refractivity (Wildman–Crippen MR) is 67.4 cm³/mol. The number of aliphatic carboxylic acids is 1. The van der Waals surface area contributed by atoms with Crippen LogP contribution in [0.25, 0.3) is 0 Å². The van der Waals surface area contributed by atoms with E-state index in [1.807, 2.05) is 38.1 Å². The van der Waals surface area contributed by atoms with Crippen LogP contribution in [0.3, 0.4) is 0 Å². The lowest BCUT2D eigenvalue weighted by atomic mass is 9.90. The van der Waals surface area contributed by atoms with Gasteiger partial charge >= 0.3 is 5.97 Å². The van der Waals surface area contributed by atoms with E-state index in [1.165, 1.54) is 0 Å². The Morgan fingerprint density at radius 3 is 2.22 bits per heavy atom. The van der Waals surface area contributed by atoms with Crippen molar-refractivity contribution in [1.29, 1.82) is 0 Å². The van der Waals surface area contributed by atoms with Gasteiger partial charge in [0.2, 0.25) is 0 Å². The highest BCUT2D eigenvalue weighted by atomic mass is 16.4. The Morgan fingerprint density at radius 2 is 1.78 bits per heavy atom. The molecule has 4 nitrogen and oxygen atoms in total. The van der Waals surface area contributed by atoms with Crippen LogP contribution in [0.5, 0.6) is 0 Å². The number of hydrogen-bond donors (Lipinski definition) is 2. The summed E-state index contributed by atoms with van der Waals surface area (Å²) in [6.45, 7) is 3.21. The minimum Gasteiger partial charge on any atom is -0.481 e. The summed E-state index contributed by atoms with van der Waals surface area (Å²) >= 11 is 0. The summed E-state index contributed by atoms with van der Waals surface area (Å²) in [7, 11) is 0. The first-order valence-corrected chi connectivity index (χ1v) is 5.88. The number of carboxylic acid groups (broad SMARTS) is 1. The summed E-state index contributed by atoms with van der Waals surface area (Å²) < 4.78 is 0. The fourth-order valence-electron chi connectivity index (χ4n) is 1.77. The van der Waals surface area contributed by atoms with Gasteiger partial charge in [0.1, 0.15) is 11.7 Å². The van der Waals surface area contributed by atoms with E-state index in [4.69, 9.17) is 10.2 Å². The van der Waals surface area contributed by atoms with E-state index in [9.17, 15) is 9.59 Å². The molecule has 0 spiro atoms. The lowest BCUT2D eigenvalue weighted by Crippen LogP contribution is -2.28. The Kier molecular flexibility index (Phi) is 5.04. The Hall–Kier alpha value is -1.68. The molecule has 2 atom stereocenters. The molecule has 0 aliphatic heterocycles. The first-order chi connectivity index (χ1) is 8.45. The number of aliphatic hydroxyl groups is 1. The summed E-state index contributed by atoms with van der Waals surface area (Å²) in [5.41, 5.74) is 2.13. The smallest absolute Gasteiger partial charge is 0.316 e. The van der Waals surface area contributed by atoms with Gasteiger partial charge in [-0.25, -0.2) is 0 Å². The van der Waals surface area contributed by atoms with Crippen molar-refractivity contribution in [3.63, 3.8) is 0 Å². The Morgan fingerprint density at radius 1 is 1.22 bits per heavy atom. The molecule has 0 saturated heterocycles. The highest BCUT2D eigenvalue weighted by Crippen LogP contribution is 2.21. The fourth-order valence-corrected chi connectivity index (χ4v) is 1.77. The van der Waals surface area contributed by atoms with Crippen molar-refractivity contribution in [3.05, 3.63) is 35.4 Å². The SMILES string of the molecule is Cc1ccc(C(C)CC(=O)C(CO)C(=O)O)cc1. The number of carbonyl (C=O) groups excluding carboxylic acids is 1. The zero-order valence-corrected chi connectivity index (χ0v) is 10.6. The van der Waals surface area contributed by atoms with Gasteiger partial charge < -0.3 is 10.2 Å². The molecule has 18 heavy (non-hydrogen) atoms. The van der Waals surface area contributed by atoms with Crippen molar-refractivity contribution in [2.45, 2.75) is 26.2 Å². The average molecular weight is 250 g/mol. The number of carboxylic acids is 1. The van der Waals surface area contributed by atoms with Gasteiger partial charge in [-0.1, -0.05) is 36.8 Å². The van der Waals surface area contributed by atoms with Gasteiger partial charge in [-0.05, 0) is 18.4 Å². The molecule has 0 aliphatic rings. The minimum atomic E-state index is -1.31. The topological polar surface area (TPSA) is 74.6 Å². The number of carbonyl (C=O) groups is 2. The second kappa shape index (κ2) is 6.31. The van der Waals surface area contributed by atoms with Crippen molar-refractivity contribution in [2.24, 2.45) is 5.92 Å². The number of hydrogen-bond acceptors (Lipinski definition) is 3. The molecule has 1 aromatic carbocycles. The normalized spacial score (nSPS) is 13.9. The van der Waals surface area contributed by atoms with E-state index in [1.54, 1.807) is 0 Å². The minimum absolute atomic E-state index is 0.0495.